The van der Waals surface area contributed by atoms with E-state index in [0.29, 0.717) is 23.1 Å². The molecule has 0 unspecified atom stereocenters. The second kappa shape index (κ2) is 10.5. The highest BCUT2D eigenvalue weighted by molar-refractivity contribution is 6.31. The van der Waals surface area contributed by atoms with Gasteiger partial charge in [0.15, 0.2) is 0 Å². The number of nitrogens with one attached hydrogen (secondary N) is 2. The molecule has 38 heavy (non-hydrogen) atoms. The van der Waals surface area contributed by atoms with E-state index in [1.54, 1.807) is 12.1 Å². The quantitative estimate of drug-likeness (QED) is 0.335. The van der Waals surface area contributed by atoms with Crippen molar-refractivity contribution in [3.05, 3.63) is 67.4 Å². The zero-order valence-corrected chi connectivity index (χ0v) is 22.6. The van der Waals surface area contributed by atoms with Crippen molar-refractivity contribution in [2.75, 3.05) is 39.3 Å². The topological polar surface area (TPSA) is 102 Å². The Labute approximate surface area is 229 Å². The zero-order chi connectivity index (χ0) is 26.4. The standard InChI is InChI=1S/C27H32Cl2N6O3/c28-17-1-3-24-22(13-17)30-26(37)34(24)19-5-9-32(10-6-19)15-21(36)16-33-11-7-20(8-12-33)35-25-4-2-18(29)14-23(25)31-27(35)38/h1-4,13-14,19-21,36H,5-12,15-16H2,(H,30,37)(H,31,38). The number of aliphatic hydroxyl groups is 1. The number of H-pyrrole nitrogens is 2. The molecule has 0 bridgehead atoms. The Morgan fingerprint density at radius 1 is 0.737 bits per heavy atom. The number of hydrogen-bond acceptors (Lipinski definition) is 5. The average molecular weight is 559 g/mol. The number of β-amino-alcohol motifs (C(OH)–C–C–N with tert-alkyl or cyclic N) is 1. The van der Waals surface area contributed by atoms with Gasteiger partial charge in [0.25, 0.3) is 0 Å². The van der Waals surface area contributed by atoms with E-state index in [2.05, 4.69) is 19.8 Å². The number of hydrogen-bond donors (Lipinski definition) is 3. The summed E-state index contributed by atoms with van der Waals surface area (Å²) in [7, 11) is 0. The molecule has 2 aromatic carbocycles. The van der Waals surface area contributed by atoms with Crippen LogP contribution in [-0.2, 0) is 0 Å². The van der Waals surface area contributed by atoms with E-state index in [1.807, 2.05) is 33.4 Å². The molecule has 2 fully saturated rings. The van der Waals surface area contributed by atoms with Crippen LogP contribution in [-0.4, -0.2) is 79.4 Å². The van der Waals surface area contributed by atoms with Crippen LogP contribution < -0.4 is 11.4 Å². The van der Waals surface area contributed by atoms with Crippen LogP contribution in [0.3, 0.4) is 0 Å². The van der Waals surface area contributed by atoms with Gasteiger partial charge in [0.1, 0.15) is 0 Å². The van der Waals surface area contributed by atoms with E-state index >= 15 is 0 Å². The van der Waals surface area contributed by atoms with Gasteiger partial charge in [-0.1, -0.05) is 23.2 Å². The van der Waals surface area contributed by atoms with Gasteiger partial charge >= 0.3 is 11.4 Å². The number of imidazole rings is 2. The van der Waals surface area contributed by atoms with Crippen molar-refractivity contribution in [2.45, 2.75) is 43.9 Å². The van der Waals surface area contributed by atoms with E-state index in [4.69, 9.17) is 23.2 Å². The molecule has 202 valence electrons. The Kier molecular flexibility index (Phi) is 7.13. The molecule has 2 saturated heterocycles. The molecule has 0 saturated carbocycles. The van der Waals surface area contributed by atoms with E-state index < -0.39 is 6.10 Å². The summed E-state index contributed by atoms with van der Waals surface area (Å²) in [4.78, 5) is 35.6. The highest BCUT2D eigenvalue weighted by Gasteiger charge is 2.27. The highest BCUT2D eigenvalue weighted by Crippen LogP contribution is 2.28. The average Bonchev–Trinajstić information content (AvgIpc) is 3.39. The lowest BCUT2D eigenvalue weighted by molar-refractivity contribution is 0.0508. The maximum absolute atomic E-state index is 12.6. The maximum atomic E-state index is 12.6. The lowest BCUT2D eigenvalue weighted by atomic mass is 10.0. The van der Waals surface area contributed by atoms with Crippen molar-refractivity contribution in [3.63, 3.8) is 0 Å². The van der Waals surface area contributed by atoms with Gasteiger partial charge in [-0.15, -0.1) is 0 Å². The molecule has 0 amide bonds. The van der Waals surface area contributed by atoms with Crippen molar-refractivity contribution >= 4 is 45.3 Å². The largest absolute Gasteiger partial charge is 0.390 e. The fourth-order valence-corrected chi connectivity index (χ4v) is 6.65. The number of halogens is 2. The van der Waals surface area contributed by atoms with E-state index in [0.717, 1.165) is 73.9 Å². The van der Waals surface area contributed by atoms with E-state index in [1.165, 1.54) is 0 Å². The monoisotopic (exact) mass is 558 g/mol. The first-order valence-electron chi connectivity index (χ1n) is 13.3. The second-order valence-electron chi connectivity index (χ2n) is 10.6. The summed E-state index contributed by atoms with van der Waals surface area (Å²) < 4.78 is 3.72. The van der Waals surface area contributed by atoms with Gasteiger partial charge < -0.3 is 24.9 Å². The number of aliphatic hydroxyl groups excluding tert-OH is 1. The van der Waals surface area contributed by atoms with Crippen molar-refractivity contribution < 1.29 is 5.11 Å². The van der Waals surface area contributed by atoms with E-state index in [-0.39, 0.29) is 23.5 Å². The summed E-state index contributed by atoms with van der Waals surface area (Å²) in [5.74, 6) is 0. The molecule has 0 radical (unpaired) electrons. The summed E-state index contributed by atoms with van der Waals surface area (Å²) in [6.45, 7) is 4.59. The van der Waals surface area contributed by atoms with Crippen LogP contribution >= 0.6 is 23.2 Å². The summed E-state index contributed by atoms with van der Waals surface area (Å²) in [5.41, 5.74) is 3.12. The zero-order valence-electron chi connectivity index (χ0n) is 21.1. The number of piperidine rings is 2. The smallest absolute Gasteiger partial charge is 0.326 e. The third kappa shape index (κ3) is 5.05. The minimum Gasteiger partial charge on any atom is -0.390 e. The third-order valence-corrected chi connectivity index (χ3v) is 8.61. The second-order valence-corrected chi connectivity index (χ2v) is 11.5. The predicted octanol–water partition coefficient (Wildman–Crippen LogP) is 3.61. The minimum atomic E-state index is -0.445. The van der Waals surface area contributed by atoms with Gasteiger partial charge in [0.05, 0.1) is 28.2 Å². The van der Waals surface area contributed by atoms with Gasteiger partial charge in [-0.2, -0.15) is 0 Å². The van der Waals surface area contributed by atoms with Crippen LogP contribution in [0.4, 0.5) is 0 Å². The number of nitrogens with zero attached hydrogens (tertiary/aromatic N) is 4. The molecule has 4 aromatic rings. The fraction of sp³-hybridized carbons (Fsp3) is 0.481. The molecule has 0 spiro atoms. The number of likely N-dealkylation sites (tertiary alicyclic amines) is 2. The van der Waals surface area contributed by atoms with Crippen LogP contribution in [0.25, 0.3) is 22.1 Å². The first kappa shape index (κ1) is 25.7. The predicted molar refractivity (Wildman–Crippen MR) is 151 cm³/mol. The number of aromatic amines is 2. The molecule has 9 nitrogen and oxygen atoms in total. The molecular formula is C27H32Cl2N6O3. The van der Waals surface area contributed by atoms with Crippen molar-refractivity contribution in [3.8, 4) is 0 Å². The number of aromatic nitrogens is 4. The van der Waals surface area contributed by atoms with Crippen LogP contribution in [0.2, 0.25) is 10.0 Å². The Balaban J connectivity index is 1.00. The van der Waals surface area contributed by atoms with Crippen molar-refractivity contribution in [1.82, 2.24) is 28.9 Å². The molecule has 4 heterocycles. The highest BCUT2D eigenvalue weighted by atomic mass is 35.5. The molecular weight excluding hydrogens is 527 g/mol. The van der Waals surface area contributed by atoms with Gasteiger partial charge in [-0.25, -0.2) is 9.59 Å². The molecule has 0 aliphatic carbocycles. The maximum Gasteiger partial charge on any atom is 0.326 e. The number of fused-ring (bicyclic) bond motifs is 2. The Bertz CT molecular complexity index is 1440. The van der Waals surface area contributed by atoms with Crippen LogP contribution in [0.1, 0.15) is 37.8 Å². The Morgan fingerprint density at radius 2 is 1.13 bits per heavy atom. The van der Waals surface area contributed by atoms with Crippen molar-refractivity contribution in [2.24, 2.45) is 0 Å². The Hall–Kier alpha value is -2.56. The summed E-state index contributed by atoms with van der Waals surface area (Å²) in [6.07, 6.45) is 2.99. The molecule has 6 rings (SSSR count). The first-order valence-corrected chi connectivity index (χ1v) is 14.0. The third-order valence-electron chi connectivity index (χ3n) is 8.14. The Morgan fingerprint density at radius 3 is 1.53 bits per heavy atom. The summed E-state index contributed by atoms with van der Waals surface area (Å²) in [6, 6.07) is 11.3. The van der Waals surface area contributed by atoms with Crippen LogP contribution in [0, 0.1) is 0 Å². The first-order chi connectivity index (χ1) is 18.4. The van der Waals surface area contributed by atoms with Crippen LogP contribution in [0.5, 0.6) is 0 Å². The lowest BCUT2D eigenvalue weighted by Gasteiger charge is -2.36. The van der Waals surface area contributed by atoms with Gasteiger partial charge in [0.2, 0.25) is 0 Å². The molecule has 3 N–H and O–H groups in total. The van der Waals surface area contributed by atoms with Crippen molar-refractivity contribution in [1.29, 1.82) is 0 Å². The lowest BCUT2D eigenvalue weighted by Crippen LogP contribution is -2.46. The molecule has 0 atom stereocenters. The van der Waals surface area contributed by atoms with Crippen LogP contribution in [0.15, 0.2) is 46.0 Å². The normalized spacial score (nSPS) is 18.8. The number of rotatable bonds is 6. The fourth-order valence-electron chi connectivity index (χ4n) is 6.31. The molecule has 2 aromatic heterocycles. The molecule has 11 heteroatoms. The number of benzene rings is 2. The van der Waals surface area contributed by atoms with Gasteiger partial charge in [0, 0.05) is 61.4 Å². The van der Waals surface area contributed by atoms with Gasteiger partial charge in [-0.05, 0) is 62.1 Å². The molecule has 2 aliphatic rings. The summed E-state index contributed by atoms with van der Waals surface area (Å²) in [5, 5.41) is 12.1. The summed E-state index contributed by atoms with van der Waals surface area (Å²) >= 11 is 12.2. The molecule has 2 aliphatic heterocycles. The van der Waals surface area contributed by atoms with Gasteiger partial charge in [-0.3, -0.25) is 9.13 Å². The van der Waals surface area contributed by atoms with E-state index in [9.17, 15) is 14.7 Å². The minimum absolute atomic E-state index is 0.0946. The SMILES string of the molecule is O=c1[nH]c2cc(Cl)ccc2n1C1CCN(CC(O)CN2CCC(n3c(=O)[nH]c4cc(Cl)ccc43)CC2)CC1.